The smallest absolute Gasteiger partial charge is 0.311 e. The van der Waals surface area contributed by atoms with Crippen molar-refractivity contribution in [2.75, 3.05) is 7.11 Å². The van der Waals surface area contributed by atoms with E-state index in [1.54, 1.807) is 12.1 Å². The molecule has 0 saturated heterocycles. The molecule has 0 aromatic heterocycles. The van der Waals surface area contributed by atoms with E-state index in [0.717, 1.165) is 30.5 Å². The van der Waals surface area contributed by atoms with E-state index in [2.05, 4.69) is 12.1 Å². The summed E-state index contributed by atoms with van der Waals surface area (Å²) in [6, 6.07) is 4.94. The van der Waals surface area contributed by atoms with Gasteiger partial charge in [-0.25, -0.2) is 0 Å². The summed E-state index contributed by atoms with van der Waals surface area (Å²) in [7, 11) is 1.43. The Morgan fingerprint density at radius 1 is 1.45 bits per heavy atom. The lowest BCUT2D eigenvalue weighted by molar-refractivity contribution is -0.385. The van der Waals surface area contributed by atoms with Gasteiger partial charge in [-0.2, -0.15) is 0 Å². The van der Waals surface area contributed by atoms with Gasteiger partial charge in [-0.3, -0.25) is 10.1 Å². The number of nitrogens with zero attached hydrogens (tertiary/aromatic N) is 2. The molecule has 2 unspecified atom stereocenters. The highest BCUT2D eigenvalue weighted by Crippen LogP contribution is 2.42. The molecule has 1 fully saturated rings. The molecule has 1 aromatic rings. The molecule has 2 atom stereocenters. The van der Waals surface area contributed by atoms with Crippen LogP contribution >= 0.6 is 0 Å². The number of fused-ring (bicyclic) bond motifs is 1. The van der Waals surface area contributed by atoms with Crippen LogP contribution in [0.4, 0.5) is 5.69 Å². The summed E-state index contributed by atoms with van der Waals surface area (Å²) in [5.74, 6) is 0.684. The Labute approximate surface area is 129 Å². The molecule has 0 amide bonds. The van der Waals surface area contributed by atoms with Gasteiger partial charge in [0.25, 0.3) is 0 Å². The summed E-state index contributed by atoms with van der Waals surface area (Å²) in [5, 5.41) is 15.4. The summed E-state index contributed by atoms with van der Waals surface area (Å²) in [4.78, 5) is 16.5. The molecule has 1 heterocycles. The zero-order valence-corrected chi connectivity index (χ0v) is 12.9. The van der Waals surface area contributed by atoms with Crippen LogP contribution in [-0.2, 0) is 4.84 Å². The van der Waals surface area contributed by atoms with Gasteiger partial charge in [-0.05, 0) is 38.3 Å². The van der Waals surface area contributed by atoms with Crippen molar-refractivity contribution in [1.29, 1.82) is 0 Å². The molecule has 3 rings (SSSR count). The molecule has 1 aliphatic heterocycles. The Balaban J connectivity index is 1.91. The first-order valence-corrected chi connectivity index (χ1v) is 7.61. The molecule has 0 radical (unpaired) electrons. The second-order valence-corrected chi connectivity index (χ2v) is 6.23. The van der Waals surface area contributed by atoms with Crippen molar-refractivity contribution in [3.63, 3.8) is 0 Å². The SMILES string of the molecule is COc1ccc(C2=NOC3(C)CCCCC3C2)cc1[N+](=O)[O-]. The Morgan fingerprint density at radius 2 is 2.27 bits per heavy atom. The molecule has 1 saturated carbocycles. The fourth-order valence-corrected chi connectivity index (χ4v) is 3.43. The first-order chi connectivity index (χ1) is 10.5. The second-order valence-electron chi connectivity index (χ2n) is 6.23. The van der Waals surface area contributed by atoms with Gasteiger partial charge in [-0.15, -0.1) is 0 Å². The molecule has 6 heteroatoms. The lowest BCUT2D eigenvalue weighted by Gasteiger charge is -2.42. The minimum absolute atomic E-state index is 0.0420. The number of methoxy groups -OCH3 is 1. The van der Waals surface area contributed by atoms with Crippen LogP contribution in [0.25, 0.3) is 0 Å². The van der Waals surface area contributed by atoms with Crippen LogP contribution in [-0.4, -0.2) is 23.3 Å². The summed E-state index contributed by atoms with van der Waals surface area (Å²) in [5.41, 5.74) is 1.30. The molecular formula is C16H20N2O4. The van der Waals surface area contributed by atoms with E-state index in [0.29, 0.717) is 5.92 Å². The monoisotopic (exact) mass is 304 g/mol. The summed E-state index contributed by atoms with van der Waals surface area (Å²) >= 11 is 0. The normalized spacial score (nSPS) is 27.4. The van der Waals surface area contributed by atoms with Gasteiger partial charge < -0.3 is 9.57 Å². The average Bonchev–Trinajstić information content (AvgIpc) is 2.53. The number of oxime groups is 1. The number of nitro benzene ring substituents is 1. The summed E-state index contributed by atoms with van der Waals surface area (Å²) < 4.78 is 5.04. The maximum absolute atomic E-state index is 11.1. The zero-order chi connectivity index (χ0) is 15.7. The van der Waals surface area contributed by atoms with Gasteiger partial charge in [0.15, 0.2) is 5.75 Å². The van der Waals surface area contributed by atoms with Crippen molar-refractivity contribution in [3.05, 3.63) is 33.9 Å². The molecular weight excluding hydrogens is 284 g/mol. The lowest BCUT2D eigenvalue weighted by atomic mass is 9.73. The maximum atomic E-state index is 11.1. The van der Waals surface area contributed by atoms with Crippen molar-refractivity contribution >= 4 is 11.4 Å². The standard InChI is InChI=1S/C16H20N2O4/c1-16-8-4-3-5-12(16)10-13(17-22-16)11-6-7-15(21-2)14(9-11)18(19)20/h6-7,9,12H,3-5,8,10H2,1-2H3. The van der Waals surface area contributed by atoms with E-state index in [1.165, 1.54) is 26.0 Å². The summed E-state index contributed by atoms with van der Waals surface area (Å²) in [6.07, 6.45) is 5.33. The predicted molar refractivity (Wildman–Crippen MR) is 82.3 cm³/mol. The number of ether oxygens (including phenoxy) is 1. The molecule has 22 heavy (non-hydrogen) atoms. The first kappa shape index (κ1) is 14.8. The minimum Gasteiger partial charge on any atom is -0.490 e. The molecule has 0 spiro atoms. The van der Waals surface area contributed by atoms with Crippen molar-refractivity contribution in [2.45, 2.75) is 44.6 Å². The molecule has 118 valence electrons. The van der Waals surface area contributed by atoms with Crippen LogP contribution in [0.15, 0.2) is 23.4 Å². The van der Waals surface area contributed by atoms with Crippen LogP contribution in [0, 0.1) is 16.0 Å². The van der Waals surface area contributed by atoms with Crippen LogP contribution in [0.3, 0.4) is 0 Å². The van der Waals surface area contributed by atoms with E-state index in [1.807, 2.05) is 0 Å². The minimum atomic E-state index is -0.433. The average molecular weight is 304 g/mol. The molecule has 2 aliphatic rings. The van der Waals surface area contributed by atoms with E-state index >= 15 is 0 Å². The second kappa shape index (κ2) is 5.59. The Morgan fingerprint density at radius 3 is 3.00 bits per heavy atom. The van der Waals surface area contributed by atoms with Gasteiger partial charge >= 0.3 is 5.69 Å². The Hall–Kier alpha value is -2.11. The zero-order valence-electron chi connectivity index (χ0n) is 12.9. The largest absolute Gasteiger partial charge is 0.490 e. The van der Waals surface area contributed by atoms with Crippen molar-refractivity contribution < 1.29 is 14.5 Å². The number of rotatable bonds is 3. The third-order valence-electron chi connectivity index (χ3n) is 4.85. The Bertz CT molecular complexity index is 629. The van der Waals surface area contributed by atoms with Crippen LogP contribution in [0.5, 0.6) is 5.75 Å². The van der Waals surface area contributed by atoms with Gasteiger partial charge in [0, 0.05) is 24.0 Å². The number of hydrogen-bond donors (Lipinski definition) is 0. The number of benzene rings is 1. The third-order valence-corrected chi connectivity index (χ3v) is 4.85. The maximum Gasteiger partial charge on any atom is 0.311 e. The van der Waals surface area contributed by atoms with Crippen molar-refractivity contribution in [1.82, 2.24) is 0 Å². The van der Waals surface area contributed by atoms with Crippen molar-refractivity contribution in [3.8, 4) is 5.75 Å². The van der Waals surface area contributed by atoms with Gasteiger partial charge in [0.1, 0.15) is 5.60 Å². The molecule has 6 nitrogen and oxygen atoms in total. The van der Waals surface area contributed by atoms with E-state index < -0.39 is 4.92 Å². The molecule has 0 bridgehead atoms. The highest BCUT2D eigenvalue weighted by molar-refractivity contribution is 6.01. The predicted octanol–water partition coefficient (Wildman–Crippen LogP) is 3.68. The van der Waals surface area contributed by atoms with E-state index in [4.69, 9.17) is 9.57 Å². The van der Waals surface area contributed by atoms with Crippen LogP contribution in [0.1, 0.15) is 44.6 Å². The van der Waals surface area contributed by atoms with Crippen LogP contribution < -0.4 is 4.74 Å². The molecule has 0 N–H and O–H groups in total. The molecule has 1 aliphatic carbocycles. The quantitative estimate of drug-likeness (QED) is 0.630. The lowest BCUT2D eigenvalue weighted by Crippen LogP contribution is -2.43. The highest BCUT2D eigenvalue weighted by atomic mass is 16.7. The van der Waals surface area contributed by atoms with Crippen molar-refractivity contribution in [2.24, 2.45) is 11.1 Å². The van der Waals surface area contributed by atoms with Gasteiger partial charge in [-0.1, -0.05) is 11.6 Å². The molecule has 1 aromatic carbocycles. The highest BCUT2D eigenvalue weighted by Gasteiger charge is 2.42. The summed E-state index contributed by atoms with van der Waals surface area (Å²) in [6.45, 7) is 2.12. The van der Waals surface area contributed by atoms with Gasteiger partial charge in [0.05, 0.1) is 17.7 Å². The topological polar surface area (TPSA) is 74.0 Å². The first-order valence-electron chi connectivity index (χ1n) is 7.61. The Kier molecular flexibility index (Phi) is 3.76. The number of hydrogen-bond acceptors (Lipinski definition) is 5. The van der Waals surface area contributed by atoms with Gasteiger partial charge in [0.2, 0.25) is 0 Å². The fourth-order valence-electron chi connectivity index (χ4n) is 3.43. The van der Waals surface area contributed by atoms with E-state index in [9.17, 15) is 10.1 Å². The van der Waals surface area contributed by atoms with Crippen LogP contribution in [0.2, 0.25) is 0 Å². The van der Waals surface area contributed by atoms with E-state index in [-0.39, 0.29) is 17.0 Å². The third kappa shape index (κ3) is 2.53. The fraction of sp³-hybridized carbons (Fsp3) is 0.562. The number of nitro groups is 1.